The second-order valence-electron chi connectivity index (χ2n) is 6.13. The van der Waals surface area contributed by atoms with Crippen LogP contribution < -0.4 is 4.90 Å². The molecule has 0 N–H and O–H groups in total. The lowest BCUT2D eigenvalue weighted by Gasteiger charge is -2.35. The molecular weight excluding hydrogens is 322 g/mol. The summed E-state index contributed by atoms with van der Waals surface area (Å²) in [6.45, 7) is 4.52. The third-order valence-electron chi connectivity index (χ3n) is 4.62. The van der Waals surface area contributed by atoms with Crippen LogP contribution in [0.1, 0.15) is 11.1 Å². The molecule has 1 aromatic carbocycles. The van der Waals surface area contributed by atoms with E-state index in [-0.39, 0.29) is 0 Å². The number of fused-ring (bicyclic) bond motifs is 1. The van der Waals surface area contributed by atoms with E-state index in [1.807, 2.05) is 36.5 Å². The maximum atomic E-state index is 12.0. The number of sulfone groups is 1. The van der Waals surface area contributed by atoms with Crippen molar-refractivity contribution in [1.29, 1.82) is 0 Å². The van der Waals surface area contributed by atoms with Gasteiger partial charge in [0, 0.05) is 44.3 Å². The van der Waals surface area contributed by atoms with Crippen molar-refractivity contribution >= 4 is 21.7 Å². The van der Waals surface area contributed by atoms with Gasteiger partial charge < -0.3 is 4.90 Å². The van der Waals surface area contributed by atoms with Crippen molar-refractivity contribution in [3.8, 4) is 0 Å². The SMILES string of the molecule is O=S1(=O)C=Cc2c(CN3CCN(c4ccccn4)CC3)cccc21. The Labute approximate surface area is 142 Å². The molecule has 0 saturated carbocycles. The number of benzene rings is 1. The van der Waals surface area contributed by atoms with Crippen LogP contribution in [0.15, 0.2) is 52.9 Å². The summed E-state index contributed by atoms with van der Waals surface area (Å²) in [5, 5.41) is 1.31. The number of nitrogens with zero attached hydrogens (tertiary/aromatic N) is 3. The molecule has 3 heterocycles. The first-order valence-corrected chi connectivity index (χ1v) is 9.61. The lowest BCUT2D eigenvalue weighted by molar-refractivity contribution is 0.249. The average Bonchev–Trinajstić information content (AvgIpc) is 2.93. The summed E-state index contributed by atoms with van der Waals surface area (Å²) in [6.07, 6.45) is 3.55. The van der Waals surface area contributed by atoms with Crippen LogP contribution in [0, 0.1) is 0 Å². The first-order chi connectivity index (χ1) is 11.6. The summed E-state index contributed by atoms with van der Waals surface area (Å²) >= 11 is 0. The average molecular weight is 341 g/mol. The molecule has 1 saturated heterocycles. The molecule has 1 fully saturated rings. The summed E-state index contributed by atoms with van der Waals surface area (Å²) in [5.74, 6) is 1.02. The molecule has 4 rings (SSSR count). The molecule has 0 amide bonds. The minimum Gasteiger partial charge on any atom is -0.354 e. The summed E-state index contributed by atoms with van der Waals surface area (Å²) in [5.41, 5.74) is 1.93. The Morgan fingerprint density at radius 2 is 1.83 bits per heavy atom. The second kappa shape index (κ2) is 6.03. The zero-order valence-corrected chi connectivity index (χ0v) is 14.1. The fourth-order valence-electron chi connectivity index (χ4n) is 3.31. The number of anilines is 1. The van der Waals surface area contributed by atoms with E-state index in [0.717, 1.165) is 49.7 Å². The Morgan fingerprint density at radius 1 is 1.00 bits per heavy atom. The van der Waals surface area contributed by atoms with Gasteiger partial charge >= 0.3 is 0 Å². The van der Waals surface area contributed by atoms with E-state index in [9.17, 15) is 8.42 Å². The van der Waals surface area contributed by atoms with Crippen LogP contribution in [0.25, 0.3) is 6.08 Å². The van der Waals surface area contributed by atoms with E-state index in [0.29, 0.717) is 4.90 Å². The highest BCUT2D eigenvalue weighted by molar-refractivity contribution is 7.94. The van der Waals surface area contributed by atoms with Crippen molar-refractivity contribution in [3.05, 3.63) is 59.1 Å². The van der Waals surface area contributed by atoms with Crippen LogP contribution in [-0.2, 0) is 16.4 Å². The van der Waals surface area contributed by atoms with Crippen molar-refractivity contribution in [1.82, 2.24) is 9.88 Å². The zero-order valence-electron chi connectivity index (χ0n) is 13.3. The first kappa shape index (κ1) is 15.4. The van der Waals surface area contributed by atoms with E-state index in [2.05, 4.69) is 14.8 Å². The predicted octanol–water partition coefficient (Wildman–Crippen LogP) is 2.16. The minimum atomic E-state index is -3.23. The highest BCUT2D eigenvalue weighted by Crippen LogP contribution is 2.30. The van der Waals surface area contributed by atoms with Crippen molar-refractivity contribution in [3.63, 3.8) is 0 Å². The molecule has 124 valence electrons. The van der Waals surface area contributed by atoms with Crippen LogP contribution in [-0.4, -0.2) is 44.5 Å². The van der Waals surface area contributed by atoms with Gasteiger partial charge in [-0.25, -0.2) is 13.4 Å². The van der Waals surface area contributed by atoms with Gasteiger partial charge in [0.15, 0.2) is 9.84 Å². The number of hydrogen-bond donors (Lipinski definition) is 0. The topological polar surface area (TPSA) is 53.5 Å². The van der Waals surface area contributed by atoms with Gasteiger partial charge in [-0.2, -0.15) is 0 Å². The summed E-state index contributed by atoms with van der Waals surface area (Å²) in [4.78, 5) is 9.50. The molecule has 0 spiro atoms. The fourth-order valence-corrected chi connectivity index (χ4v) is 4.55. The Kier molecular flexibility index (Phi) is 3.86. The normalized spacial score (nSPS) is 19.4. The standard InChI is InChI=1S/C18H19N3O2S/c22-24(23)13-7-16-15(4-3-5-17(16)24)14-20-9-11-21(12-10-20)18-6-1-2-8-19-18/h1-8,13H,9-12,14H2. The largest absolute Gasteiger partial charge is 0.354 e. The summed E-state index contributed by atoms with van der Waals surface area (Å²) < 4.78 is 24.0. The highest BCUT2D eigenvalue weighted by atomic mass is 32.2. The van der Waals surface area contributed by atoms with E-state index < -0.39 is 9.84 Å². The first-order valence-electron chi connectivity index (χ1n) is 8.07. The van der Waals surface area contributed by atoms with Crippen LogP contribution in [0.4, 0.5) is 5.82 Å². The van der Waals surface area contributed by atoms with Gasteiger partial charge in [-0.05, 0) is 35.4 Å². The van der Waals surface area contributed by atoms with Gasteiger partial charge in [-0.1, -0.05) is 18.2 Å². The third-order valence-corrected chi connectivity index (χ3v) is 6.08. The summed E-state index contributed by atoms with van der Waals surface area (Å²) in [7, 11) is -3.23. The van der Waals surface area contributed by atoms with Crippen LogP contribution >= 0.6 is 0 Å². The second-order valence-corrected chi connectivity index (χ2v) is 7.93. The minimum absolute atomic E-state index is 0.437. The van der Waals surface area contributed by atoms with Crippen molar-refractivity contribution in [2.75, 3.05) is 31.1 Å². The quantitative estimate of drug-likeness (QED) is 0.856. The molecule has 0 bridgehead atoms. The van der Waals surface area contributed by atoms with E-state index in [4.69, 9.17) is 0 Å². The molecule has 0 atom stereocenters. The van der Waals surface area contributed by atoms with E-state index in [1.165, 1.54) is 5.41 Å². The van der Waals surface area contributed by atoms with Gasteiger partial charge in [-0.15, -0.1) is 0 Å². The Balaban J connectivity index is 1.46. The Morgan fingerprint density at radius 3 is 2.58 bits per heavy atom. The fraction of sp³-hybridized carbons (Fsp3) is 0.278. The number of piperazine rings is 1. The molecule has 24 heavy (non-hydrogen) atoms. The number of rotatable bonds is 3. The van der Waals surface area contributed by atoms with Crippen LogP contribution in [0.2, 0.25) is 0 Å². The number of aromatic nitrogens is 1. The Hall–Kier alpha value is -2.18. The molecule has 5 nitrogen and oxygen atoms in total. The molecule has 2 aliphatic heterocycles. The van der Waals surface area contributed by atoms with Crippen LogP contribution in [0.3, 0.4) is 0 Å². The van der Waals surface area contributed by atoms with Crippen molar-refractivity contribution in [2.45, 2.75) is 11.4 Å². The van der Waals surface area contributed by atoms with Crippen molar-refractivity contribution < 1.29 is 8.42 Å². The highest BCUT2D eigenvalue weighted by Gasteiger charge is 2.24. The molecule has 6 heteroatoms. The molecular formula is C18H19N3O2S. The van der Waals surface area contributed by atoms with Gasteiger partial charge in [0.2, 0.25) is 0 Å². The van der Waals surface area contributed by atoms with E-state index in [1.54, 1.807) is 12.1 Å². The monoisotopic (exact) mass is 341 g/mol. The molecule has 2 aliphatic rings. The Bertz CT molecular complexity index is 870. The van der Waals surface area contributed by atoms with E-state index >= 15 is 0 Å². The molecule has 1 aromatic heterocycles. The third kappa shape index (κ3) is 2.83. The lowest BCUT2D eigenvalue weighted by atomic mass is 10.1. The summed E-state index contributed by atoms with van der Waals surface area (Å²) in [6, 6.07) is 11.5. The van der Waals surface area contributed by atoms with Gasteiger partial charge in [0.25, 0.3) is 0 Å². The van der Waals surface area contributed by atoms with Gasteiger partial charge in [-0.3, -0.25) is 4.90 Å². The zero-order chi connectivity index (χ0) is 16.6. The van der Waals surface area contributed by atoms with Gasteiger partial charge in [0.1, 0.15) is 5.82 Å². The number of pyridine rings is 1. The maximum absolute atomic E-state index is 12.0. The lowest BCUT2D eigenvalue weighted by Crippen LogP contribution is -2.46. The number of hydrogen-bond acceptors (Lipinski definition) is 5. The molecule has 0 radical (unpaired) electrons. The molecule has 0 unspecified atom stereocenters. The maximum Gasteiger partial charge on any atom is 0.200 e. The van der Waals surface area contributed by atoms with Crippen LogP contribution in [0.5, 0.6) is 0 Å². The molecule has 0 aliphatic carbocycles. The van der Waals surface area contributed by atoms with Crippen molar-refractivity contribution in [2.24, 2.45) is 0 Å². The molecule has 2 aromatic rings. The smallest absolute Gasteiger partial charge is 0.200 e. The van der Waals surface area contributed by atoms with Gasteiger partial charge in [0.05, 0.1) is 4.90 Å². The predicted molar refractivity (Wildman–Crippen MR) is 94.4 cm³/mol.